The van der Waals surface area contributed by atoms with Crippen molar-refractivity contribution in [2.24, 2.45) is 5.92 Å². The number of rotatable bonds is 7. The SMILES string of the molecule is COc1ccc(-n2ccc(C(=O)Nc3ccccc3C(=O)NCC(C)C)n2)cc1. The number of anilines is 1. The van der Waals surface area contributed by atoms with Gasteiger partial charge >= 0.3 is 0 Å². The average molecular weight is 392 g/mol. The van der Waals surface area contributed by atoms with Crippen LogP contribution in [0.2, 0.25) is 0 Å². The number of ether oxygens (including phenoxy) is 1. The fraction of sp³-hybridized carbons (Fsp3) is 0.227. The minimum absolute atomic E-state index is 0.224. The summed E-state index contributed by atoms with van der Waals surface area (Å²) in [5.41, 5.74) is 1.91. The Labute approximate surface area is 169 Å². The topological polar surface area (TPSA) is 85.2 Å². The van der Waals surface area contributed by atoms with Crippen LogP contribution in [0.25, 0.3) is 5.69 Å². The summed E-state index contributed by atoms with van der Waals surface area (Å²) in [4.78, 5) is 25.1. The molecular weight excluding hydrogens is 368 g/mol. The van der Waals surface area contributed by atoms with Crippen LogP contribution >= 0.6 is 0 Å². The first-order chi connectivity index (χ1) is 14.0. The third kappa shape index (κ3) is 5.01. The van der Waals surface area contributed by atoms with Crippen LogP contribution < -0.4 is 15.4 Å². The van der Waals surface area contributed by atoms with Gasteiger partial charge in [-0.2, -0.15) is 5.10 Å². The highest BCUT2D eigenvalue weighted by atomic mass is 16.5. The van der Waals surface area contributed by atoms with Crippen LogP contribution in [0.1, 0.15) is 34.7 Å². The number of methoxy groups -OCH3 is 1. The molecule has 2 aromatic carbocycles. The smallest absolute Gasteiger partial charge is 0.276 e. The maximum atomic E-state index is 12.7. The van der Waals surface area contributed by atoms with Crippen molar-refractivity contribution in [3.63, 3.8) is 0 Å². The molecule has 3 aromatic rings. The Bertz CT molecular complexity index is 993. The molecule has 2 amide bonds. The van der Waals surface area contributed by atoms with Crippen LogP contribution in [0.15, 0.2) is 60.8 Å². The molecule has 1 heterocycles. The van der Waals surface area contributed by atoms with Gasteiger partial charge in [-0.3, -0.25) is 9.59 Å². The predicted molar refractivity (Wildman–Crippen MR) is 112 cm³/mol. The van der Waals surface area contributed by atoms with Crippen molar-refractivity contribution in [3.05, 3.63) is 72.1 Å². The van der Waals surface area contributed by atoms with Gasteiger partial charge in [0.25, 0.3) is 11.8 Å². The van der Waals surface area contributed by atoms with E-state index in [4.69, 9.17) is 4.74 Å². The molecule has 3 rings (SSSR count). The zero-order chi connectivity index (χ0) is 20.8. The molecule has 7 heteroatoms. The molecule has 0 saturated heterocycles. The minimum Gasteiger partial charge on any atom is -0.497 e. The third-order valence-electron chi connectivity index (χ3n) is 4.25. The summed E-state index contributed by atoms with van der Waals surface area (Å²) in [6, 6.07) is 15.9. The first kappa shape index (κ1) is 20.1. The van der Waals surface area contributed by atoms with E-state index >= 15 is 0 Å². The predicted octanol–water partition coefficient (Wildman–Crippen LogP) is 3.52. The van der Waals surface area contributed by atoms with E-state index < -0.39 is 0 Å². The van der Waals surface area contributed by atoms with Crippen LogP contribution in [-0.2, 0) is 0 Å². The highest BCUT2D eigenvalue weighted by Crippen LogP contribution is 2.17. The van der Waals surface area contributed by atoms with Crippen molar-refractivity contribution in [3.8, 4) is 11.4 Å². The molecule has 0 aliphatic rings. The highest BCUT2D eigenvalue weighted by molar-refractivity contribution is 6.08. The van der Waals surface area contributed by atoms with E-state index in [1.165, 1.54) is 0 Å². The first-order valence-corrected chi connectivity index (χ1v) is 9.36. The van der Waals surface area contributed by atoms with Gasteiger partial charge in [0.1, 0.15) is 5.75 Å². The van der Waals surface area contributed by atoms with E-state index in [0.717, 1.165) is 11.4 Å². The number of hydrogen-bond donors (Lipinski definition) is 2. The molecule has 2 N–H and O–H groups in total. The Hall–Kier alpha value is -3.61. The Balaban J connectivity index is 1.74. The summed E-state index contributed by atoms with van der Waals surface area (Å²) < 4.78 is 6.76. The van der Waals surface area contributed by atoms with E-state index in [2.05, 4.69) is 15.7 Å². The van der Waals surface area contributed by atoms with E-state index in [9.17, 15) is 9.59 Å². The molecule has 29 heavy (non-hydrogen) atoms. The van der Waals surface area contributed by atoms with Gasteiger partial charge in [-0.15, -0.1) is 0 Å². The standard InChI is InChI=1S/C22H24N4O3/c1-15(2)14-23-21(27)18-6-4-5-7-19(18)24-22(28)20-12-13-26(25-20)16-8-10-17(29-3)11-9-16/h4-13,15H,14H2,1-3H3,(H,23,27)(H,24,28). The van der Waals surface area contributed by atoms with Gasteiger partial charge < -0.3 is 15.4 Å². The second-order valence-corrected chi connectivity index (χ2v) is 6.95. The summed E-state index contributed by atoms with van der Waals surface area (Å²) in [5.74, 6) is 0.466. The van der Waals surface area contributed by atoms with Crippen LogP contribution in [0, 0.1) is 5.92 Å². The molecular formula is C22H24N4O3. The number of para-hydroxylation sites is 1. The largest absolute Gasteiger partial charge is 0.497 e. The molecule has 0 fully saturated rings. The molecule has 7 nitrogen and oxygen atoms in total. The second kappa shape index (κ2) is 9.05. The van der Waals surface area contributed by atoms with Gasteiger partial charge in [-0.25, -0.2) is 4.68 Å². The lowest BCUT2D eigenvalue weighted by Crippen LogP contribution is -2.28. The highest BCUT2D eigenvalue weighted by Gasteiger charge is 2.16. The molecule has 0 unspecified atom stereocenters. The number of amides is 2. The summed E-state index contributed by atoms with van der Waals surface area (Å²) in [6.07, 6.45) is 1.71. The summed E-state index contributed by atoms with van der Waals surface area (Å²) in [6.45, 7) is 4.60. The van der Waals surface area contributed by atoms with Crippen molar-refractivity contribution in [1.29, 1.82) is 0 Å². The lowest BCUT2D eigenvalue weighted by Gasteiger charge is -2.12. The van der Waals surface area contributed by atoms with E-state index in [1.807, 2.05) is 38.1 Å². The number of nitrogens with zero attached hydrogens (tertiary/aromatic N) is 2. The molecule has 0 radical (unpaired) electrons. The Morgan fingerprint density at radius 2 is 1.76 bits per heavy atom. The number of hydrogen-bond acceptors (Lipinski definition) is 4. The van der Waals surface area contributed by atoms with Gasteiger partial charge in [0.15, 0.2) is 5.69 Å². The molecule has 0 saturated carbocycles. The average Bonchev–Trinajstić information content (AvgIpc) is 3.23. The molecule has 0 aliphatic carbocycles. The Morgan fingerprint density at radius 1 is 1.03 bits per heavy atom. The quantitative estimate of drug-likeness (QED) is 0.644. The minimum atomic E-state index is -0.388. The molecule has 0 aliphatic heterocycles. The maximum Gasteiger partial charge on any atom is 0.276 e. The van der Waals surface area contributed by atoms with Gasteiger partial charge in [0, 0.05) is 12.7 Å². The molecule has 150 valence electrons. The maximum absolute atomic E-state index is 12.7. The van der Waals surface area contributed by atoms with E-state index in [0.29, 0.717) is 23.7 Å². The monoisotopic (exact) mass is 392 g/mol. The van der Waals surface area contributed by atoms with Crippen LogP contribution in [0.4, 0.5) is 5.69 Å². The van der Waals surface area contributed by atoms with Crippen LogP contribution in [0.5, 0.6) is 5.75 Å². The number of carbonyl (C=O) groups excluding carboxylic acids is 2. The zero-order valence-corrected chi connectivity index (χ0v) is 16.7. The molecule has 0 spiro atoms. The first-order valence-electron chi connectivity index (χ1n) is 9.36. The number of carbonyl (C=O) groups is 2. The van der Waals surface area contributed by atoms with Crippen molar-refractivity contribution >= 4 is 17.5 Å². The van der Waals surface area contributed by atoms with Crippen molar-refractivity contribution in [2.75, 3.05) is 19.0 Å². The molecule has 0 bridgehead atoms. The van der Waals surface area contributed by atoms with Crippen molar-refractivity contribution in [2.45, 2.75) is 13.8 Å². The fourth-order valence-electron chi connectivity index (χ4n) is 2.69. The number of nitrogens with one attached hydrogen (secondary N) is 2. The molecule has 0 atom stereocenters. The van der Waals surface area contributed by atoms with E-state index in [-0.39, 0.29) is 17.5 Å². The van der Waals surface area contributed by atoms with Gasteiger partial charge in [0.2, 0.25) is 0 Å². The Morgan fingerprint density at radius 3 is 2.45 bits per heavy atom. The van der Waals surface area contributed by atoms with E-state index in [1.54, 1.807) is 48.3 Å². The third-order valence-corrected chi connectivity index (χ3v) is 4.25. The van der Waals surface area contributed by atoms with Crippen LogP contribution in [-0.4, -0.2) is 35.2 Å². The van der Waals surface area contributed by atoms with Crippen molar-refractivity contribution < 1.29 is 14.3 Å². The normalized spacial score (nSPS) is 10.6. The molecule has 1 aromatic heterocycles. The summed E-state index contributed by atoms with van der Waals surface area (Å²) in [7, 11) is 1.60. The van der Waals surface area contributed by atoms with Gasteiger partial charge in [-0.1, -0.05) is 26.0 Å². The zero-order valence-electron chi connectivity index (χ0n) is 16.7. The van der Waals surface area contributed by atoms with Gasteiger partial charge in [0.05, 0.1) is 24.0 Å². The van der Waals surface area contributed by atoms with Crippen LogP contribution in [0.3, 0.4) is 0 Å². The number of aromatic nitrogens is 2. The lowest BCUT2D eigenvalue weighted by molar-refractivity contribution is 0.0950. The summed E-state index contributed by atoms with van der Waals surface area (Å²) in [5, 5.41) is 9.98. The summed E-state index contributed by atoms with van der Waals surface area (Å²) >= 11 is 0. The second-order valence-electron chi connectivity index (χ2n) is 6.95. The lowest BCUT2D eigenvalue weighted by atomic mass is 10.1. The fourth-order valence-corrected chi connectivity index (χ4v) is 2.69. The Kier molecular flexibility index (Phi) is 6.29. The number of benzene rings is 2. The van der Waals surface area contributed by atoms with Gasteiger partial charge in [-0.05, 0) is 48.4 Å². The van der Waals surface area contributed by atoms with Crippen molar-refractivity contribution in [1.82, 2.24) is 15.1 Å².